The van der Waals surface area contributed by atoms with Crippen molar-refractivity contribution in [1.82, 2.24) is 0 Å². The van der Waals surface area contributed by atoms with Crippen LogP contribution in [0.1, 0.15) is 27.7 Å². The largest absolute Gasteiger partial charge is 0.458 e. The second-order valence-electron chi connectivity index (χ2n) is 3.90. The van der Waals surface area contributed by atoms with E-state index in [-0.39, 0.29) is 21.7 Å². The Bertz CT molecular complexity index is 346. The maximum Gasteiger partial charge on any atom is 0.303 e. The number of thioether (sulfide) groups is 2. The fraction of sp³-hybridized carbons (Fsp3) is 0.667. The molecule has 0 aliphatic carbocycles. The summed E-state index contributed by atoms with van der Waals surface area (Å²) in [6, 6.07) is 0. The maximum absolute atomic E-state index is 11.1. The van der Waals surface area contributed by atoms with E-state index in [2.05, 4.69) is 0 Å². The molecule has 0 saturated carbocycles. The number of hydrogen-bond donors (Lipinski definition) is 0. The van der Waals surface area contributed by atoms with Gasteiger partial charge in [-0.3, -0.25) is 19.2 Å². The maximum atomic E-state index is 11.1. The quantitative estimate of drug-likeness (QED) is 0.650. The first-order valence-electron chi connectivity index (χ1n) is 5.83. The third kappa shape index (κ3) is 9.85. The van der Waals surface area contributed by atoms with E-state index in [0.29, 0.717) is 0 Å². The van der Waals surface area contributed by atoms with Gasteiger partial charge < -0.3 is 9.47 Å². The van der Waals surface area contributed by atoms with Crippen molar-refractivity contribution >= 4 is 45.7 Å². The molecule has 0 bridgehead atoms. The van der Waals surface area contributed by atoms with Crippen LogP contribution >= 0.6 is 23.5 Å². The summed E-state index contributed by atoms with van der Waals surface area (Å²) in [5.74, 6) is -0.732. The molecule has 8 heteroatoms. The Morgan fingerprint density at radius 3 is 1.25 bits per heavy atom. The smallest absolute Gasteiger partial charge is 0.303 e. The zero-order valence-electron chi connectivity index (χ0n) is 11.8. The summed E-state index contributed by atoms with van der Waals surface area (Å²) in [7, 11) is 0. The second-order valence-corrected chi connectivity index (χ2v) is 6.29. The van der Waals surface area contributed by atoms with E-state index < -0.39 is 24.1 Å². The van der Waals surface area contributed by atoms with Gasteiger partial charge in [0.15, 0.2) is 10.2 Å². The molecule has 20 heavy (non-hydrogen) atoms. The summed E-state index contributed by atoms with van der Waals surface area (Å²) in [5, 5.41) is -0.272. The van der Waals surface area contributed by atoms with Gasteiger partial charge in [-0.2, -0.15) is 0 Å². The number of rotatable bonds is 7. The lowest BCUT2D eigenvalue weighted by atomic mass is 10.2. The molecule has 0 aromatic carbocycles. The Morgan fingerprint density at radius 2 is 1.05 bits per heavy atom. The van der Waals surface area contributed by atoms with Crippen LogP contribution in [0, 0.1) is 0 Å². The van der Waals surface area contributed by atoms with Gasteiger partial charge in [0.25, 0.3) is 0 Å². The molecule has 0 aliphatic rings. The van der Waals surface area contributed by atoms with E-state index >= 15 is 0 Å². The van der Waals surface area contributed by atoms with Crippen molar-refractivity contribution in [2.75, 3.05) is 11.5 Å². The van der Waals surface area contributed by atoms with Crippen molar-refractivity contribution in [3.63, 3.8) is 0 Å². The van der Waals surface area contributed by atoms with E-state index in [1.807, 2.05) is 0 Å². The fourth-order valence-electron chi connectivity index (χ4n) is 1.26. The first kappa shape index (κ1) is 19.0. The Labute approximate surface area is 126 Å². The molecule has 0 radical (unpaired) electrons. The van der Waals surface area contributed by atoms with Crippen molar-refractivity contribution in [2.24, 2.45) is 0 Å². The van der Waals surface area contributed by atoms with Crippen LogP contribution in [0.25, 0.3) is 0 Å². The molecular formula is C12H18O6S2. The first-order valence-corrected chi connectivity index (χ1v) is 7.80. The second kappa shape index (κ2) is 9.82. The predicted molar refractivity (Wildman–Crippen MR) is 77.4 cm³/mol. The van der Waals surface area contributed by atoms with Crippen molar-refractivity contribution in [1.29, 1.82) is 0 Å². The monoisotopic (exact) mass is 322 g/mol. The van der Waals surface area contributed by atoms with Gasteiger partial charge in [-0.1, -0.05) is 23.5 Å². The normalized spacial score (nSPS) is 13.2. The van der Waals surface area contributed by atoms with Crippen LogP contribution in [0.4, 0.5) is 0 Å². The third-order valence-electron chi connectivity index (χ3n) is 1.95. The van der Waals surface area contributed by atoms with E-state index in [1.54, 1.807) is 0 Å². The van der Waals surface area contributed by atoms with Crippen LogP contribution in [-0.2, 0) is 28.7 Å². The van der Waals surface area contributed by atoms with Crippen molar-refractivity contribution in [3.05, 3.63) is 0 Å². The molecule has 0 heterocycles. The van der Waals surface area contributed by atoms with E-state index in [1.165, 1.54) is 27.7 Å². The van der Waals surface area contributed by atoms with Gasteiger partial charge in [0.1, 0.15) is 12.2 Å². The van der Waals surface area contributed by atoms with E-state index in [4.69, 9.17) is 9.47 Å². The van der Waals surface area contributed by atoms with Crippen LogP contribution in [0.3, 0.4) is 0 Å². The molecule has 2 atom stereocenters. The topological polar surface area (TPSA) is 86.7 Å². The molecule has 0 amide bonds. The van der Waals surface area contributed by atoms with Crippen molar-refractivity contribution < 1.29 is 28.7 Å². The molecule has 0 aliphatic heterocycles. The third-order valence-corrected chi connectivity index (χ3v) is 3.75. The fourth-order valence-corrected chi connectivity index (χ4v) is 2.62. The summed E-state index contributed by atoms with van der Waals surface area (Å²) in [6.07, 6.45) is -1.53. The van der Waals surface area contributed by atoms with Crippen molar-refractivity contribution in [3.8, 4) is 0 Å². The molecule has 0 saturated heterocycles. The van der Waals surface area contributed by atoms with Gasteiger partial charge >= 0.3 is 11.9 Å². The number of ether oxygens (including phenoxy) is 2. The highest BCUT2D eigenvalue weighted by Gasteiger charge is 2.28. The highest BCUT2D eigenvalue weighted by molar-refractivity contribution is 8.13. The van der Waals surface area contributed by atoms with Gasteiger partial charge in [-0.05, 0) is 0 Å². The molecule has 0 aromatic rings. The minimum atomic E-state index is -0.767. The van der Waals surface area contributed by atoms with Gasteiger partial charge in [0.05, 0.1) is 0 Å². The number of esters is 2. The Hall–Kier alpha value is -1.02. The summed E-state index contributed by atoms with van der Waals surface area (Å²) in [6.45, 7) is 5.24. The molecule has 0 spiro atoms. The minimum absolute atomic E-state index is 0.136. The van der Waals surface area contributed by atoms with Crippen molar-refractivity contribution in [2.45, 2.75) is 39.9 Å². The van der Waals surface area contributed by atoms with Crippen LogP contribution in [0.2, 0.25) is 0 Å². The van der Waals surface area contributed by atoms with E-state index in [9.17, 15) is 19.2 Å². The SMILES string of the molecule is CC(=O)O[C@H](CSC(C)=O)[C@@H](CSC(C)=O)OC(C)=O. The summed E-state index contributed by atoms with van der Waals surface area (Å²) in [4.78, 5) is 44.2. The summed E-state index contributed by atoms with van der Waals surface area (Å²) >= 11 is 1.94. The zero-order valence-corrected chi connectivity index (χ0v) is 13.5. The predicted octanol–water partition coefficient (Wildman–Crippen LogP) is 1.41. The number of carbonyl (C=O) groups is 4. The zero-order chi connectivity index (χ0) is 15.7. The average Bonchev–Trinajstić information content (AvgIpc) is 2.28. The van der Waals surface area contributed by atoms with Crippen LogP contribution < -0.4 is 0 Å². The molecule has 0 rings (SSSR count). The standard InChI is InChI=1S/C12H18O6S2/c1-7(13)17-11(5-19-9(3)15)12(18-8(2)14)6-20-10(4)16/h11-12H,5-6H2,1-4H3/t11-,12-/m1/s1. The highest BCUT2D eigenvalue weighted by Crippen LogP contribution is 2.18. The number of hydrogen-bond acceptors (Lipinski definition) is 8. The lowest BCUT2D eigenvalue weighted by Gasteiger charge is -2.25. The van der Waals surface area contributed by atoms with Gasteiger partial charge in [-0.25, -0.2) is 0 Å². The molecule has 0 unspecified atom stereocenters. The summed E-state index contributed by atoms with van der Waals surface area (Å²) in [5.41, 5.74) is 0. The Kier molecular flexibility index (Phi) is 9.32. The number of carbonyl (C=O) groups excluding carboxylic acids is 4. The molecule has 6 nitrogen and oxygen atoms in total. The van der Waals surface area contributed by atoms with Gasteiger partial charge in [-0.15, -0.1) is 0 Å². The first-order chi connectivity index (χ1) is 9.22. The van der Waals surface area contributed by atoms with E-state index in [0.717, 1.165) is 23.5 Å². The molecular weight excluding hydrogens is 304 g/mol. The molecule has 0 N–H and O–H groups in total. The Morgan fingerprint density at radius 1 is 0.750 bits per heavy atom. The highest BCUT2D eigenvalue weighted by atomic mass is 32.2. The van der Waals surface area contributed by atoms with Gasteiger partial charge in [0.2, 0.25) is 0 Å². The van der Waals surface area contributed by atoms with Crippen LogP contribution in [0.15, 0.2) is 0 Å². The lowest BCUT2D eigenvalue weighted by Crippen LogP contribution is -2.38. The molecule has 114 valence electrons. The minimum Gasteiger partial charge on any atom is -0.458 e. The van der Waals surface area contributed by atoms with Crippen LogP contribution in [0.5, 0.6) is 0 Å². The molecule has 0 aromatic heterocycles. The van der Waals surface area contributed by atoms with Gasteiger partial charge in [0, 0.05) is 39.2 Å². The van der Waals surface area contributed by atoms with Crippen LogP contribution in [-0.4, -0.2) is 45.9 Å². The lowest BCUT2D eigenvalue weighted by molar-refractivity contribution is -0.161. The molecule has 0 fully saturated rings. The average molecular weight is 322 g/mol. The summed E-state index contributed by atoms with van der Waals surface area (Å²) < 4.78 is 10.2. The Balaban J connectivity index is 4.83.